The van der Waals surface area contributed by atoms with Gasteiger partial charge in [-0.25, -0.2) is 0 Å². The van der Waals surface area contributed by atoms with Crippen LogP contribution in [-0.4, -0.2) is 11.9 Å². The van der Waals surface area contributed by atoms with Gasteiger partial charge in [-0.05, 0) is 24.7 Å². The monoisotopic (exact) mass is 230 g/mol. The van der Waals surface area contributed by atoms with Gasteiger partial charge in [0, 0.05) is 6.54 Å². The first-order valence-corrected chi connectivity index (χ1v) is 5.78. The maximum Gasteiger partial charge on any atom is 0.118 e. The summed E-state index contributed by atoms with van der Waals surface area (Å²) in [6.45, 7) is 2.18. The van der Waals surface area contributed by atoms with Gasteiger partial charge in [-0.1, -0.05) is 30.3 Å². The first kappa shape index (κ1) is 11.9. The van der Waals surface area contributed by atoms with Gasteiger partial charge in [0.15, 0.2) is 0 Å². The van der Waals surface area contributed by atoms with Crippen LogP contribution in [0.2, 0.25) is 0 Å². The number of nitrogens with two attached hydrogens (primary N) is 1. The van der Waals surface area contributed by atoms with E-state index < -0.39 is 0 Å². The maximum absolute atomic E-state index is 5.57. The molecule has 1 aromatic carbocycles. The van der Waals surface area contributed by atoms with Gasteiger partial charge in [-0.2, -0.15) is 0 Å². The number of rotatable bonds is 5. The lowest BCUT2D eigenvalue weighted by atomic mass is 10.2. The van der Waals surface area contributed by atoms with Crippen LogP contribution < -0.4 is 5.73 Å². The molecule has 0 fully saturated rings. The molecule has 0 radical (unpaired) electrons. The Hall–Kier alpha value is -1.58. The lowest BCUT2D eigenvalue weighted by molar-refractivity contribution is 0.284. The molecule has 0 spiro atoms. The molecule has 2 rings (SSSR count). The second-order valence-corrected chi connectivity index (χ2v) is 4.23. The van der Waals surface area contributed by atoms with Crippen LogP contribution >= 0.6 is 0 Å². The summed E-state index contributed by atoms with van der Waals surface area (Å²) in [7, 11) is 2.08. The molecule has 1 heterocycles. The molecule has 0 amide bonds. The van der Waals surface area contributed by atoms with E-state index in [0.717, 1.165) is 24.6 Å². The molecule has 3 nitrogen and oxygen atoms in total. The summed E-state index contributed by atoms with van der Waals surface area (Å²) in [6, 6.07) is 14.3. The zero-order valence-corrected chi connectivity index (χ0v) is 10.1. The highest BCUT2D eigenvalue weighted by Gasteiger charge is 2.05. The molecule has 90 valence electrons. The largest absolute Gasteiger partial charge is 0.463 e. The van der Waals surface area contributed by atoms with Gasteiger partial charge in [0.1, 0.15) is 11.5 Å². The van der Waals surface area contributed by atoms with Gasteiger partial charge in [-0.15, -0.1) is 0 Å². The Morgan fingerprint density at radius 3 is 2.35 bits per heavy atom. The Bertz CT molecular complexity index is 450. The summed E-state index contributed by atoms with van der Waals surface area (Å²) in [5, 5.41) is 0. The van der Waals surface area contributed by atoms with Crippen molar-refractivity contribution in [1.82, 2.24) is 4.90 Å². The Kier molecular flexibility index (Phi) is 3.96. The molecule has 3 heteroatoms. The van der Waals surface area contributed by atoms with Crippen LogP contribution in [0.5, 0.6) is 0 Å². The van der Waals surface area contributed by atoms with E-state index in [9.17, 15) is 0 Å². The Morgan fingerprint density at radius 1 is 1.00 bits per heavy atom. The number of hydrogen-bond donors (Lipinski definition) is 1. The van der Waals surface area contributed by atoms with Crippen LogP contribution in [0.4, 0.5) is 0 Å². The molecule has 0 saturated heterocycles. The van der Waals surface area contributed by atoms with E-state index in [1.165, 1.54) is 5.56 Å². The van der Waals surface area contributed by atoms with Crippen molar-refractivity contribution in [2.45, 2.75) is 19.6 Å². The third-order valence-electron chi connectivity index (χ3n) is 2.64. The molecule has 0 aliphatic rings. The van der Waals surface area contributed by atoms with Crippen LogP contribution in [0.25, 0.3) is 0 Å². The number of furan rings is 1. The van der Waals surface area contributed by atoms with Crippen LogP contribution in [0.3, 0.4) is 0 Å². The molecule has 0 aliphatic carbocycles. The van der Waals surface area contributed by atoms with Crippen molar-refractivity contribution in [3.63, 3.8) is 0 Å². The van der Waals surface area contributed by atoms with Crippen molar-refractivity contribution in [3.05, 3.63) is 59.5 Å². The summed E-state index contributed by atoms with van der Waals surface area (Å²) in [6.07, 6.45) is 0. The maximum atomic E-state index is 5.57. The predicted octanol–water partition coefficient (Wildman–Crippen LogP) is 2.37. The van der Waals surface area contributed by atoms with Crippen molar-refractivity contribution < 1.29 is 4.42 Å². The normalized spacial score (nSPS) is 11.0. The van der Waals surface area contributed by atoms with E-state index in [0.29, 0.717) is 6.54 Å². The van der Waals surface area contributed by atoms with Gasteiger partial charge < -0.3 is 10.2 Å². The Morgan fingerprint density at radius 2 is 1.71 bits per heavy atom. The van der Waals surface area contributed by atoms with Crippen molar-refractivity contribution in [2.75, 3.05) is 7.05 Å². The van der Waals surface area contributed by atoms with Gasteiger partial charge in [-0.3, -0.25) is 4.90 Å². The van der Waals surface area contributed by atoms with Crippen LogP contribution in [0, 0.1) is 0 Å². The van der Waals surface area contributed by atoms with Crippen molar-refractivity contribution >= 4 is 0 Å². The number of nitrogens with zero attached hydrogens (tertiary/aromatic N) is 1. The topological polar surface area (TPSA) is 42.4 Å². The molecule has 17 heavy (non-hydrogen) atoms. The molecule has 2 aromatic rings. The van der Waals surface area contributed by atoms with E-state index in [2.05, 4.69) is 36.2 Å². The van der Waals surface area contributed by atoms with E-state index in [-0.39, 0.29) is 0 Å². The Balaban J connectivity index is 1.91. The molecule has 1 aromatic heterocycles. The summed E-state index contributed by atoms with van der Waals surface area (Å²) in [4.78, 5) is 2.22. The molecular formula is C14H18N2O. The highest BCUT2D eigenvalue weighted by atomic mass is 16.3. The molecule has 2 N–H and O–H groups in total. The zero-order chi connectivity index (χ0) is 12.1. The molecule has 0 aliphatic heterocycles. The highest BCUT2D eigenvalue weighted by molar-refractivity contribution is 5.14. The van der Waals surface area contributed by atoms with Crippen molar-refractivity contribution in [1.29, 1.82) is 0 Å². The first-order chi connectivity index (χ1) is 8.28. The minimum atomic E-state index is 0.461. The summed E-state index contributed by atoms with van der Waals surface area (Å²) in [5.74, 6) is 1.80. The second kappa shape index (κ2) is 5.66. The van der Waals surface area contributed by atoms with Gasteiger partial charge in [0.05, 0.1) is 13.1 Å². The lowest BCUT2D eigenvalue weighted by Gasteiger charge is -2.14. The van der Waals surface area contributed by atoms with E-state index >= 15 is 0 Å². The second-order valence-electron chi connectivity index (χ2n) is 4.23. The fourth-order valence-electron chi connectivity index (χ4n) is 1.83. The SMILES string of the molecule is CN(Cc1ccccc1)Cc1ccc(CN)o1. The number of benzene rings is 1. The quantitative estimate of drug-likeness (QED) is 0.857. The van der Waals surface area contributed by atoms with Crippen molar-refractivity contribution in [2.24, 2.45) is 5.73 Å². The zero-order valence-electron chi connectivity index (χ0n) is 10.1. The minimum Gasteiger partial charge on any atom is -0.463 e. The summed E-state index contributed by atoms with van der Waals surface area (Å²) < 4.78 is 5.57. The van der Waals surface area contributed by atoms with Crippen molar-refractivity contribution in [3.8, 4) is 0 Å². The summed E-state index contributed by atoms with van der Waals surface area (Å²) >= 11 is 0. The van der Waals surface area contributed by atoms with Crippen LogP contribution in [-0.2, 0) is 19.6 Å². The smallest absolute Gasteiger partial charge is 0.118 e. The molecule has 0 saturated carbocycles. The Labute approximate surface area is 102 Å². The summed E-state index contributed by atoms with van der Waals surface area (Å²) in [5.41, 5.74) is 6.82. The fraction of sp³-hybridized carbons (Fsp3) is 0.286. The molecule has 0 bridgehead atoms. The fourth-order valence-corrected chi connectivity index (χ4v) is 1.83. The molecule has 0 atom stereocenters. The number of hydrogen-bond acceptors (Lipinski definition) is 3. The van der Waals surface area contributed by atoms with Crippen LogP contribution in [0.15, 0.2) is 46.9 Å². The average Bonchev–Trinajstić information content (AvgIpc) is 2.78. The van der Waals surface area contributed by atoms with E-state index in [4.69, 9.17) is 10.2 Å². The average molecular weight is 230 g/mol. The van der Waals surface area contributed by atoms with Gasteiger partial charge in [0.2, 0.25) is 0 Å². The van der Waals surface area contributed by atoms with Crippen LogP contribution in [0.1, 0.15) is 17.1 Å². The predicted molar refractivity (Wildman–Crippen MR) is 68.2 cm³/mol. The lowest BCUT2D eigenvalue weighted by Crippen LogP contribution is -2.16. The van der Waals surface area contributed by atoms with E-state index in [1.54, 1.807) is 0 Å². The van der Waals surface area contributed by atoms with Gasteiger partial charge >= 0.3 is 0 Å². The third kappa shape index (κ3) is 3.44. The minimum absolute atomic E-state index is 0.461. The molecular weight excluding hydrogens is 212 g/mol. The van der Waals surface area contributed by atoms with E-state index in [1.807, 2.05) is 18.2 Å². The van der Waals surface area contributed by atoms with Gasteiger partial charge in [0.25, 0.3) is 0 Å². The standard InChI is InChI=1S/C14H18N2O/c1-16(10-12-5-3-2-4-6-12)11-14-8-7-13(9-15)17-14/h2-8H,9-11,15H2,1H3. The molecule has 0 unspecified atom stereocenters. The first-order valence-electron chi connectivity index (χ1n) is 5.78. The highest BCUT2D eigenvalue weighted by Crippen LogP contribution is 2.11. The third-order valence-corrected chi connectivity index (χ3v) is 2.64.